The van der Waals surface area contributed by atoms with E-state index in [0.29, 0.717) is 17.5 Å². The minimum absolute atomic E-state index is 0.0153. The number of hydrogen-bond acceptors (Lipinski definition) is 3. The molecule has 1 aromatic heterocycles. The highest BCUT2D eigenvalue weighted by molar-refractivity contribution is 5.97. The third-order valence-electron chi connectivity index (χ3n) is 5.38. The summed E-state index contributed by atoms with van der Waals surface area (Å²) in [5, 5.41) is 4.31. The lowest BCUT2D eigenvalue weighted by Gasteiger charge is -2.49. The molecule has 0 spiro atoms. The number of rotatable bonds is 2. The molecule has 4 heteroatoms. The molecule has 0 saturated carbocycles. The molecule has 0 aliphatic carbocycles. The SMILES string of the molecule is Cc1cc2ccc(C(=O)NC3C4CCN(CC4)C3C)cc2o1. The average molecular weight is 298 g/mol. The number of carbonyl (C=O) groups excluding carboxylic acids is 1. The van der Waals surface area contributed by atoms with Crippen molar-refractivity contribution in [2.75, 3.05) is 13.1 Å². The van der Waals surface area contributed by atoms with E-state index >= 15 is 0 Å². The lowest BCUT2D eigenvalue weighted by Crippen LogP contribution is -2.62. The monoisotopic (exact) mass is 298 g/mol. The highest BCUT2D eigenvalue weighted by Gasteiger charge is 2.40. The molecule has 2 aromatic rings. The molecule has 22 heavy (non-hydrogen) atoms. The molecule has 1 N–H and O–H groups in total. The van der Waals surface area contributed by atoms with Crippen LogP contribution in [0.5, 0.6) is 0 Å². The first kappa shape index (κ1) is 13.8. The maximum atomic E-state index is 12.6. The fourth-order valence-electron chi connectivity index (χ4n) is 4.09. The van der Waals surface area contributed by atoms with Crippen molar-refractivity contribution >= 4 is 16.9 Å². The number of furan rings is 1. The number of fused-ring (bicyclic) bond motifs is 4. The number of amides is 1. The zero-order valence-corrected chi connectivity index (χ0v) is 13.1. The number of benzene rings is 1. The standard InChI is InChI=1S/C18H22N2O2/c1-11-9-14-3-4-15(10-16(14)22-11)18(21)19-17-12(2)20-7-5-13(17)6-8-20/h3-4,9-10,12-13,17H,5-8H2,1-2H3,(H,19,21). The van der Waals surface area contributed by atoms with Gasteiger partial charge in [0.2, 0.25) is 0 Å². The number of nitrogens with zero attached hydrogens (tertiary/aromatic N) is 1. The normalized spacial score (nSPS) is 30.6. The predicted molar refractivity (Wildman–Crippen MR) is 86.0 cm³/mol. The van der Waals surface area contributed by atoms with E-state index in [1.54, 1.807) is 0 Å². The van der Waals surface area contributed by atoms with Crippen molar-refractivity contribution < 1.29 is 9.21 Å². The van der Waals surface area contributed by atoms with Crippen LogP contribution in [0, 0.1) is 12.8 Å². The Hall–Kier alpha value is -1.81. The number of nitrogens with one attached hydrogen (secondary N) is 1. The molecular formula is C18H22N2O2. The first-order chi connectivity index (χ1) is 10.6. The molecule has 2 unspecified atom stereocenters. The minimum atomic E-state index is 0.0153. The van der Waals surface area contributed by atoms with Crippen LogP contribution in [0.2, 0.25) is 0 Å². The van der Waals surface area contributed by atoms with Gasteiger partial charge in [-0.15, -0.1) is 0 Å². The van der Waals surface area contributed by atoms with Crippen LogP contribution in [0.15, 0.2) is 28.7 Å². The summed E-state index contributed by atoms with van der Waals surface area (Å²) in [6.45, 7) is 6.51. The van der Waals surface area contributed by atoms with Crippen molar-refractivity contribution in [2.45, 2.75) is 38.8 Å². The summed E-state index contributed by atoms with van der Waals surface area (Å²) in [7, 11) is 0. The van der Waals surface area contributed by atoms with Crippen molar-refractivity contribution in [3.8, 4) is 0 Å². The molecule has 3 aliphatic heterocycles. The fourth-order valence-corrected chi connectivity index (χ4v) is 4.09. The van der Waals surface area contributed by atoms with Crippen LogP contribution in [0.3, 0.4) is 0 Å². The molecule has 116 valence electrons. The van der Waals surface area contributed by atoms with Crippen LogP contribution in [-0.2, 0) is 0 Å². The van der Waals surface area contributed by atoms with Gasteiger partial charge in [0.25, 0.3) is 5.91 Å². The Morgan fingerprint density at radius 2 is 2.05 bits per heavy atom. The summed E-state index contributed by atoms with van der Waals surface area (Å²) < 4.78 is 5.63. The molecule has 3 saturated heterocycles. The maximum absolute atomic E-state index is 12.6. The van der Waals surface area contributed by atoms with E-state index in [-0.39, 0.29) is 11.9 Å². The second kappa shape index (κ2) is 5.13. The van der Waals surface area contributed by atoms with Gasteiger partial charge in [0.1, 0.15) is 11.3 Å². The smallest absolute Gasteiger partial charge is 0.251 e. The number of piperidine rings is 3. The zero-order chi connectivity index (χ0) is 15.3. The van der Waals surface area contributed by atoms with Crippen molar-refractivity contribution in [1.29, 1.82) is 0 Å². The summed E-state index contributed by atoms with van der Waals surface area (Å²) in [6, 6.07) is 8.39. The van der Waals surface area contributed by atoms with Gasteiger partial charge in [0, 0.05) is 23.0 Å². The summed E-state index contributed by atoms with van der Waals surface area (Å²) in [5.41, 5.74) is 1.47. The molecule has 1 amide bonds. The van der Waals surface area contributed by atoms with Gasteiger partial charge in [-0.1, -0.05) is 6.07 Å². The maximum Gasteiger partial charge on any atom is 0.251 e. The van der Waals surface area contributed by atoms with Crippen molar-refractivity contribution in [3.63, 3.8) is 0 Å². The van der Waals surface area contributed by atoms with E-state index in [1.807, 2.05) is 31.2 Å². The highest BCUT2D eigenvalue weighted by Crippen LogP contribution is 2.32. The highest BCUT2D eigenvalue weighted by atomic mass is 16.3. The van der Waals surface area contributed by atoms with Crippen molar-refractivity contribution in [2.24, 2.45) is 5.92 Å². The van der Waals surface area contributed by atoms with Crippen LogP contribution in [0.1, 0.15) is 35.9 Å². The lowest BCUT2D eigenvalue weighted by atomic mass is 9.79. The Labute approximate surface area is 130 Å². The Morgan fingerprint density at radius 1 is 1.27 bits per heavy atom. The van der Waals surface area contributed by atoms with E-state index in [1.165, 1.54) is 25.9 Å². The summed E-state index contributed by atoms with van der Waals surface area (Å²) in [4.78, 5) is 15.1. The fraction of sp³-hybridized carbons (Fsp3) is 0.500. The minimum Gasteiger partial charge on any atom is -0.461 e. The molecule has 0 radical (unpaired) electrons. The first-order valence-electron chi connectivity index (χ1n) is 8.17. The van der Waals surface area contributed by atoms with E-state index in [9.17, 15) is 4.79 Å². The Balaban J connectivity index is 1.55. The number of carbonyl (C=O) groups is 1. The van der Waals surface area contributed by atoms with Gasteiger partial charge in [-0.05, 0) is 63.9 Å². The number of aryl methyl sites for hydroxylation is 1. The third kappa shape index (κ3) is 2.22. The van der Waals surface area contributed by atoms with Crippen LogP contribution >= 0.6 is 0 Å². The topological polar surface area (TPSA) is 45.5 Å². The average Bonchev–Trinajstić information content (AvgIpc) is 2.90. The number of hydrogen-bond donors (Lipinski definition) is 1. The molecule has 4 nitrogen and oxygen atoms in total. The molecule has 4 heterocycles. The Morgan fingerprint density at radius 3 is 2.77 bits per heavy atom. The van der Waals surface area contributed by atoms with E-state index in [0.717, 1.165) is 16.7 Å². The van der Waals surface area contributed by atoms with Crippen LogP contribution < -0.4 is 5.32 Å². The van der Waals surface area contributed by atoms with E-state index in [2.05, 4.69) is 17.1 Å². The van der Waals surface area contributed by atoms with Crippen LogP contribution in [0.4, 0.5) is 0 Å². The second-order valence-electron chi connectivity index (χ2n) is 6.72. The van der Waals surface area contributed by atoms with Gasteiger partial charge in [0.05, 0.1) is 0 Å². The Bertz CT molecular complexity index is 711. The van der Waals surface area contributed by atoms with Gasteiger partial charge >= 0.3 is 0 Å². The van der Waals surface area contributed by atoms with Gasteiger partial charge < -0.3 is 9.73 Å². The third-order valence-corrected chi connectivity index (χ3v) is 5.38. The van der Waals surface area contributed by atoms with Crippen molar-refractivity contribution in [3.05, 3.63) is 35.6 Å². The predicted octanol–water partition coefficient (Wildman–Crippen LogP) is 2.95. The lowest BCUT2D eigenvalue weighted by molar-refractivity contribution is 0.0217. The summed E-state index contributed by atoms with van der Waals surface area (Å²) in [6.07, 6.45) is 2.40. The first-order valence-corrected chi connectivity index (χ1v) is 8.17. The van der Waals surface area contributed by atoms with Crippen LogP contribution in [-0.4, -0.2) is 36.0 Å². The Kier molecular flexibility index (Phi) is 3.22. The molecular weight excluding hydrogens is 276 g/mol. The molecule has 5 rings (SSSR count). The molecule has 1 aromatic carbocycles. The molecule has 3 fully saturated rings. The molecule has 2 atom stereocenters. The van der Waals surface area contributed by atoms with Gasteiger partial charge in [-0.25, -0.2) is 0 Å². The second-order valence-corrected chi connectivity index (χ2v) is 6.72. The molecule has 2 bridgehead atoms. The summed E-state index contributed by atoms with van der Waals surface area (Å²) in [5.74, 6) is 1.51. The van der Waals surface area contributed by atoms with Gasteiger partial charge in [0.15, 0.2) is 0 Å². The largest absolute Gasteiger partial charge is 0.461 e. The zero-order valence-electron chi connectivity index (χ0n) is 13.1. The van der Waals surface area contributed by atoms with Crippen LogP contribution in [0.25, 0.3) is 11.0 Å². The quantitative estimate of drug-likeness (QED) is 0.927. The van der Waals surface area contributed by atoms with Crippen molar-refractivity contribution in [1.82, 2.24) is 10.2 Å². The van der Waals surface area contributed by atoms with E-state index < -0.39 is 0 Å². The van der Waals surface area contributed by atoms with Gasteiger partial charge in [-0.3, -0.25) is 9.69 Å². The van der Waals surface area contributed by atoms with Gasteiger partial charge in [-0.2, -0.15) is 0 Å². The molecule has 3 aliphatic rings. The van der Waals surface area contributed by atoms with E-state index in [4.69, 9.17) is 4.42 Å². The summed E-state index contributed by atoms with van der Waals surface area (Å²) >= 11 is 0.